The predicted molar refractivity (Wildman–Crippen MR) is 49.3 cm³/mol. The summed E-state index contributed by atoms with van der Waals surface area (Å²) >= 11 is -0.561. The normalized spacial score (nSPS) is 10.2. The first-order valence-corrected chi connectivity index (χ1v) is 7.64. The molecule has 1 aromatic rings. The molecule has 1 nitrogen and oxygen atoms in total. The van der Waals surface area contributed by atoms with Crippen LogP contribution in [0.15, 0.2) is 18.2 Å². The molecule has 0 amide bonds. The van der Waals surface area contributed by atoms with Crippen LogP contribution in [0.4, 0.5) is 4.39 Å². The van der Waals surface area contributed by atoms with Crippen molar-refractivity contribution >= 4 is 24.9 Å². The predicted octanol–water partition coefficient (Wildman–Crippen LogP) is 1.77. The minimum absolute atomic E-state index is 0.329. The van der Waals surface area contributed by atoms with Crippen LogP contribution in [0.5, 0.6) is 0 Å². The van der Waals surface area contributed by atoms with Crippen molar-refractivity contribution < 1.29 is 4.39 Å². The molecule has 0 saturated heterocycles. The Morgan fingerprint density at radius 2 is 2.33 bits per heavy atom. The Hall–Kier alpha value is -0.121. The van der Waals surface area contributed by atoms with Crippen LogP contribution in [0.2, 0.25) is 4.44 Å². The monoisotopic (exact) mass is 273 g/mol. The Kier molecular flexibility index (Phi) is 4.58. The van der Waals surface area contributed by atoms with Gasteiger partial charge in [-0.2, -0.15) is 0 Å². The number of hydrogen-bond donors (Lipinski definition) is 0. The molecule has 0 atom stereocenters. The summed E-state index contributed by atoms with van der Waals surface area (Å²) in [7, 11) is 0. The van der Waals surface area contributed by atoms with Crippen molar-refractivity contribution in [2.45, 2.75) is 24.2 Å². The number of rotatable bonds is 4. The molecule has 12 heavy (non-hydrogen) atoms. The van der Waals surface area contributed by atoms with E-state index in [-0.39, 0.29) is 5.95 Å². The van der Waals surface area contributed by atoms with Crippen molar-refractivity contribution in [3.05, 3.63) is 24.1 Å². The summed E-state index contributed by atoms with van der Waals surface area (Å²) in [5, 5.41) is 0. The van der Waals surface area contributed by atoms with Crippen molar-refractivity contribution in [2.75, 3.05) is 0 Å². The molecule has 0 bridgehead atoms. The number of halogens is 1. The first-order chi connectivity index (χ1) is 5.83. The van der Waals surface area contributed by atoms with Crippen molar-refractivity contribution in [2.24, 2.45) is 0 Å². The first-order valence-electron chi connectivity index (χ1n) is 4.19. The van der Waals surface area contributed by atoms with Gasteiger partial charge >= 0.3 is 82.6 Å². The number of nitrogens with zero attached hydrogens (tertiary/aromatic N) is 1. The van der Waals surface area contributed by atoms with E-state index in [1.54, 1.807) is 6.07 Å². The van der Waals surface area contributed by atoms with Crippen LogP contribution in [0.25, 0.3) is 0 Å². The molecule has 0 unspecified atom stereocenters. The van der Waals surface area contributed by atoms with Gasteiger partial charge in [-0.25, -0.2) is 0 Å². The van der Waals surface area contributed by atoms with Crippen molar-refractivity contribution in [1.82, 2.24) is 4.98 Å². The molecule has 0 N–H and O–H groups in total. The molecule has 0 aliphatic rings. The second-order valence-electron chi connectivity index (χ2n) is 2.63. The fraction of sp³-hybridized carbons (Fsp3) is 0.444. The van der Waals surface area contributed by atoms with Crippen LogP contribution in [0.1, 0.15) is 19.8 Å². The van der Waals surface area contributed by atoms with Crippen LogP contribution >= 0.6 is 0 Å². The van der Waals surface area contributed by atoms with Gasteiger partial charge in [-0.15, -0.1) is 0 Å². The summed E-state index contributed by atoms with van der Waals surface area (Å²) in [4.78, 5) is 3.85. The Morgan fingerprint density at radius 3 is 3.00 bits per heavy atom. The van der Waals surface area contributed by atoms with Gasteiger partial charge in [0.25, 0.3) is 0 Å². The maximum atomic E-state index is 12.6. The SMILES string of the molecule is CCC[CH2][Sn][c]1cccc(F)n1. The molecule has 64 valence electrons. The maximum absolute atomic E-state index is 12.6. The molecule has 2 radical (unpaired) electrons. The second kappa shape index (κ2) is 5.51. The number of hydrogen-bond acceptors (Lipinski definition) is 1. The second-order valence-corrected chi connectivity index (χ2v) is 6.52. The summed E-state index contributed by atoms with van der Waals surface area (Å²) in [6.45, 7) is 2.18. The molecular weight excluding hydrogens is 260 g/mol. The van der Waals surface area contributed by atoms with Crippen molar-refractivity contribution in [3.63, 3.8) is 0 Å². The zero-order valence-corrected chi connectivity index (χ0v) is 10.0. The van der Waals surface area contributed by atoms with Crippen LogP contribution in [0.3, 0.4) is 0 Å². The van der Waals surface area contributed by atoms with E-state index in [9.17, 15) is 4.39 Å². The van der Waals surface area contributed by atoms with Gasteiger partial charge in [0.1, 0.15) is 0 Å². The standard InChI is InChI=1S/C5H3FN.C4H9.Sn/c6-5-3-1-2-4-7-5;1-3-4-2;/h1-3H;1,3-4H2,2H3;. The van der Waals surface area contributed by atoms with Crippen LogP contribution in [0, 0.1) is 5.95 Å². The summed E-state index contributed by atoms with van der Waals surface area (Å²) in [6.07, 6.45) is 2.50. The molecule has 0 saturated carbocycles. The van der Waals surface area contributed by atoms with E-state index in [4.69, 9.17) is 0 Å². The average Bonchev–Trinajstić information content (AvgIpc) is 2.05. The fourth-order valence-corrected chi connectivity index (χ4v) is 4.29. The van der Waals surface area contributed by atoms with Gasteiger partial charge in [-0.05, 0) is 0 Å². The molecule has 1 aromatic heterocycles. The third kappa shape index (κ3) is 3.52. The average molecular weight is 272 g/mol. The Bertz CT molecular complexity index is 240. The minimum atomic E-state index is -0.561. The van der Waals surface area contributed by atoms with Gasteiger partial charge in [0.15, 0.2) is 0 Å². The van der Waals surface area contributed by atoms with Gasteiger partial charge in [0.05, 0.1) is 0 Å². The van der Waals surface area contributed by atoms with Crippen LogP contribution in [-0.2, 0) is 0 Å². The zero-order chi connectivity index (χ0) is 8.81. The summed E-state index contributed by atoms with van der Waals surface area (Å²) in [5.74, 6) is -0.329. The first kappa shape index (κ1) is 9.96. The fourth-order valence-electron chi connectivity index (χ4n) is 0.900. The van der Waals surface area contributed by atoms with E-state index in [0.29, 0.717) is 0 Å². The Morgan fingerprint density at radius 1 is 1.50 bits per heavy atom. The summed E-state index contributed by atoms with van der Waals surface area (Å²) in [5.41, 5.74) is 0. The van der Waals surface area contributed by atoms with E-state index < -0.39 is 21.1 Å². The van der Waals surface area contributed by atoms with Gasteiger partial charge in [-0.3, -0.25) is 0 Å². The Labute approximate surface area is 82.6 Å². The van der Waals surface area contributed by atoms with Gasteiger partial charge in [-0.1, -0.05) is 0 Å². The number of unbranched alkanes of at least 4 members (excludes halogenated alkanes) is 1. The van der Waals surface area contributed by atoms with Crippen molar-refractivity contribution in [3.8, 4) is 0 Å². The van der Waals surface area contributed by atoms with Crippen LogP contribution in [-0.4, -0.2) is 26.1 Å². The molecule has 0 aliphatic heterocycles. The summed E-state index contributed by atoms with van der Waals surface area (Å²) < 4.78 is 14.9. The molecule has 0 spiro atoms. The van der Waals surface area contributed by atoms with Crippen LogP contribution < -0.4 is 3.71 Å². The van der Waals surface area contributed by atoms with E-state index in [1.807, 2.05) is 6.07 Å². The molecule has 0 aromatic carbocycles. The molecule has 1 rings (SSSR count). The third-order valence-electron chi connectivity index (χ3n) is 1.55. The zero-order valence-electron chi connectivity index (χ0n) is 7.18. The number of aromatic nitrogens is 1. The number of pyridine rings is 1. The van der Waals surface area contributed by atoms with Gasteiger partial charge in [0.2, 0.25) is 0 Å². The van der Waals surface area contributed by atoms with E-state index >= 15 is 0 Å². The van der Waals surface area contributed by atoms with Gasteiger partial charge < -0.3 is 0 Å². The molecule has 3 heteroatoms. The summed E-state index contributed by atoms with van der Waals surface area (Å²) in [6, 6.07) is 5.11. The molecular formula is C9H12FNSn. The van der Waals surface area contributed by atoms with E-state index in [1.165, 1.54) is 23.3 Å². The quantitative estimate of drug-likeness (QED) is 0.462. The molecule has 0 aliphatic carbocycles. The molecule has 0 fully saturated rings. The van der Waals surface area contributed by atoms with E-state index in [2.05, 4.69) is 11.9 Å². The third-order valence-corrected chi connectivity index (χ3v) is 5.10. The Balaban J connectivity index is 2.41. The van der Waals surface area contributed by atoms with Crippen molar-refractivity contribution in [1.29, 1.82) is 0 Å². The topological polar surface area (TPSA) is 12.9 Å². The van der Waals surface area contributed by atoms with Gasteiger partial charge in [0, 0.05) is 0 Å². The molecule has 1 heterocycles. The van der Waals surface area contributed by atoms with E-state index in [0.717, 1.165) is 3.71 Å².